The lowest BCUT2D eigenvalue weighted by atomic mass is 9.60. The standard InChI is InChI=1S/C21H32N2O2/c1-20(2)13-16(14-21(3,4)15-20)17-7-5-6-8-18(17)22-9-11-23(12-10-22)19(24)25/h5-8,16H,9-15H2,1-4H3,(H,24,25). The fourth-order valence-corrected chi connectivity index (χ4v) is 5.33. The maximum Gasteiger partial charge on any atom is 0.407 e. The summed E-state index contributed by atoms with van der Waals surface area (Å²) in [5.74, 6) is 0.576. The van der Waals surface area contributed by atoms with E-state index in [1.54, 1.807) is 0 Å². The molecule has 0 spiro atoms. The molecule has 0 atom stereocenters. The molecule has 1 saturated carbocycles. The van der Waals surface area contributed by atoms with Crippen molar-refractivity contribution in [3.05, 3.63) is 29.8 Å². The molecule has 25 heavy (non-hydrogen) atoms. The van der Waals surface area contributed by atoms with Gasteiger partial charge in [0, 0.05) is 31.9 Å². The molecule has 1 N–H and O–H groups in total. The normalized spacial score (nSPS) is 23.5. The van der Waals surface area contributed by atoms with E-state index in [0.29, 0.717) is 29.8 Å². The van der Waals surface area contributed by atoms with Crippen LogP contribution in [0.2, 0.25) is 0 Å². The Morgan fingerprint density at radius 1 is 1.00 bits per heavy atom. The Morgan fingerprint density at radius 2 is 1.56 bits per heavy atom. The van der Waals surface area contributed by atoms with E-state index in [1.807, 2.05) is 0 Å². The number of rotatable bonds is 2. The molecule has 1 aromatic carbocycles. The Kier molecular flexibility index (Phi) is 4.74. The summed E-state index contributed by atoms with van der Waals surface area (Å²) in [6, 6.07) is 8.78. The highest BCUT2D eigenvalue weighted by atomic mass is 16.4. The summed E-state index contributed by atoms with van der Waals surface area (Å²) in [6.45, 7) is 12.3. The van der Waals surface area contributed by atoms with Crippen LogP contribution < -0.4 is 4.90 Å². The SMILES string of the molecule is CC1(C)CC(c2ccccc2N2CCN(C(=O)O)CC2)CC(C)(C)C1. The van der Waals surface area contributed by atoms with E-state index in [2.05, 4.69) is 56.9 Å². The van der Waals surface area contributed by atoms with Gasteiger partial charge in [-0.1, -0.05) is 45.9 Å². The number of hydrogen-bond acceptors (Lipinski definition) is 2. The van der Waals surface area contributed by atoms with Gasteiger partial charge in [-0.05, 0) is 47.6 Å². The Labute approximate surface area is 151 Å². The predicted octanol–water partition coefficient (Wildman–Crippen LogP) is 4.81. The zero-order valence-electron chi connectivity index (χ0n) is 16.1. The molecule has 1 amide bonds. The minimum absolute atomic E-state index is 0.363. The maximum absolute atomic E-state index is 11.2. The van der Waals surface area contributed by atoms with Crippen LogP contribution >= 0.6 is 0 Å². The van der Waals surface area contributed by atoms with Crippen LogP contribution in [0.3, 0.4) is 0 Å². The lowest BCUT2D eigenvalue weighted by Crippen LogP contribution is -2.48. The summed E-state index contributed by atoms with van der Waals surface area (Å²) in [5.41, 5.74) is 3.49. The Balaban J connectivity index is 1.83. The third kappa shape index (κ3) is 4.10. The summed E-state index contributed by atoms with van der Waals surface area (Å²) in [5, 5.41) is 9.18. The third-order valence-electron chi connectivity index (χ3n) is 5.82. The fraction of sp³-hybridized carbons (Fsp3) is 0.667. The van der Waals surface area contributed by atoms with Gasteiger partial charge in [0.2, 0.25) is 0 Å². The van der Waals surface area contributed by atoms with Crippen molar-refractivity contribution in [3.8, 4) is 0 Å². The van der Waals surface area contributed by atoms with Crippen molar-refractivity contribution in [2.75, 3.05) is 31.1 Å². The summed E-state index contributed by atoms with van der Waals surface area (Å²) in [4.78, 5) is 15.1. The van der Waals surface area contributed by atoms with Crippen molar-refractivity contribution in [3.63, 3.8) is 0 Å². The average Bonchev–Trinajstić information content (AvgIpc) is 2.52. The molecular weight excluding hydrogens is 312 g/mol. The highest BCUT2D eigenvalue weighted by Crippen LogP contribution is 2.53. The zero-order chi connectivity index (χ0) is 18.2. The van der Waals surface area contributed by atoms with Crippen LogP contribution in [0.5, 0.6) is 0 Å². The maximum atomic E-state index is 11.2. The van der Waals surface area contributed by atoms with E-state index in [-0.39, 0.29) is 0 Å². The van der Waals surface area contributed by atoms with Crippen molar-refractivity contribution in [1.82, 2.24) is 4.90 Å². The van der Waals surface area contributed by atoms with Gasteiger partial charge in [0.15, 0.2) is 0 Å². The highest BCUT2D eigenvalue weighted by Gasteiger charge is 2.39. The van der Waals surface area contributed by atoms with Gasteiger partial charge in [0.1, 0.15) is 0 Å². The van der Waals surface area contributed by atoms with Crippen LogP contribution in [0.15, 0.2) is 24.3 Å². The van der Waals surface area contributed by atoms with Crippen LogP contribution in [-0.4, -0.2) is 42.3 Å². The van der Waals surface area contributed by atoms with Gasteiger partial charge in [-0.25, -0.2) is 4.79 Å². The second-order valence-electron chi connectivity index (χ2n) is 9.43. The monoisotopic (exact) mass is 344 g/mol. The van der Waals surface area contributed by atoms with Gasteiger partial charge in [-0.2, -0.15) is 0 Å². The molecule has 1 aromatic rings. The van der Waals surface area contributed by atoms with Crippen molar-refractivity contribution in [1.29, 1.82) is 0 Å². The van der Waals surface area contributed by atoms with Gasteiger partial charge in [-0.15, -0.1) is 0 Å². The first-order valence-electron chi connectivity index (χ1n) is 9.49. The summed E-state index contributed by atoms with van der Waals surface area (Å²) < 4.78 is 0. The largest absolute Gasteiger partial charge is 0.465 e. The lowest BCUT2D eigenvalue weighted by Gasteiger charge is -2.46. The third-order valence-corrected chi connectivity index (χ3v) is 5.82. The van der Waals surface area contributed by atoms with Crippen molar-refractivity contribution in [2.24, 2.45) is 10.8 Å². The average molecular weight is 344 g/mol. The summed E-state index contributed by atoms with van der Waals surface area (Å²) >= 11 is 0. The van der Waals surface area contributed by atoms with E-state index in [9.17, 15) is 9.90 Å². The first-order chi connectivity index (χ1) is 11.7. The fourth-order valence-electron chi connectivity index (χ4n) is 5.33. The van der Waals surface area contributed by atoms with Gasteiger partial charge >= 0.3 is 6.09 Å². The number of para-hydroxylation sites is 1. The molecular formula is C21H32N2O2. The predicted molar refractivity (Wildman–Crippen MR) is 102 cm³/mol. The Morgan fingerprint density at radius 3 is 2.12 bits per heavy atom. The number of carboxylic acid groups (broad SMARTS) is 1. The first-order valence-corrected chi connectivity index (χ1v) is 9.49. The molecule has 138 valence electrons. The molecule has 3 rings (SSSR count). The molecule has 0 aromatic heterocycles. The van der Waals surface area contributed by atoms with E-state index >= 15 is 0 Å². The topological polar surface area (TPSA) is 43.8 Å². The van der Waals surface area contributed by atoms with E-state index < -0.39 is 6.09 Å². The molecule has 1 aliphatic heterocycles. The van der Waals surface area contributed by atoms with Crippen LogP contribution in [-0.2, 0) is 0 Å². The second kappa shape index (κ2) is 6.54. The zero-order valence-corrected chi connectivity index (χ0v) is 16.1. The number of anilines is 1. The van der Waals surface area contributed by atoms with E-state index in [1.165, 1.54) is 35.4 Å². The minimum Gasteiger partial charge on any atom is -0.465 e. The van der Waals surface area contributed by atoms with Crippen molar-refractivity contribution in [2.45, 2.75) is 52.9 Å². The second-order valence-corrected chi connectivity index (χ2v) is 9.43. The molecule has 2 aliphatic rings. The minimum atomic E-state index is -0.802. The van der Waals surface area contributed by atoms with Gasteiger partial charge < -0.3 is 14.9 Å². The van der Waals surface area contributed by atoms with Crippen molar-refractivity contribution < 1.29 is 9.90 Å². The van der Waals surface area contributed by atoms with Crippen LogP contribution in [0.4, 0.5) is 10.5 Å². The molecule has 4 heteroatoms. The van der Waals surface area contributed by atoms with Gasteiger partial charge in [0.05, 0.1) is 0 Å². The Hall–Kier alpha value is -1.71. The van der Waals surface area contributed by atoms with E-state index in [4.69, 9.17) is 0 Å². The van der Waals surface area contributed by atoms with Crippen LogP contribution in [0, 0.1) is 10.8 Å². The lowest BCUT2D eigenvalue weighted by molar-refractivity contribution is 0.0969. The van der Waals surface area contributed by atoms with Crippen LogP contribution in [0.25, 0.3) is 0 Å². The number of amides is 1. The Bertz CT molecular complexity index is 615. The summed E-state index contributed by atoms with van der Waals surface area (Å²) in [6.07, 6.45) is 2.92. The quantitative estimate of drug-likeness (QED) is 0.837. The number of hydrogen-bond donors (Lipinski definition) is 1. The molecule has 1 aliphatic carbocycles. The summed E-state index contributed by atoms with van der Waals surface area (Å²) in [7, 11) is 0. The molecule has 0 bridgehead atoms. The highest BCUT2D eigenvalue weighted by molar-refractivity contribution is 5.66. The molecule has 1 saturated heterocycles. The van der Waals surface area contributed by atoms with Crippen molar-refractivity contribution >= 4 is 11.8 Å². The first kappa shape index (κ1) is 18.1. The molecule has 2 fully saturated rings. The molecule has 0 unspecified atom stereocenters. The van der Waals surface area contributed by atoms with E-state index in [0.717, 1.165) is 13.1 Å². The molecule has 0 radical (unpaired) electrons. The number of carbonyl (C=O) groups is 1. The van der Waals surface area contributed by atoms with Crippen LogP contribution in [0.1, 0.15) is 58.4 Å². The molecule has 4 nitrogen and oxygen atoms in total. The van der Waals surface area contributed by atoms with Gasteiger partial charge in [0.25, 0.3) is 0 Å². The number of benzene rings is 1. The number of piperazine rings is 1. The molecule has 1 heterocycles. The number of nitrogens with zero attached hydrogens (tertiary/aromatic N) is 2. The smallest absolute Gasteiger partial charge is 0.407 e. The van der Waals surface area contributed by atoms with Gasteiger partial charge in [-0.3, -0.25) is 0 Å².